The van der Waals surface area contributed by atoms with Gasteiger partial charge in [0, 0.05) is 24.8 Å². The molecule has 0 saturated heterocycles. The number of carbonyl (C=O) groups excluding carboxylic acids is 2. The average Bonchev–Trinajstić information content (AvgIpc) is 1.98. The molecule has 10 nitrogen and oxygen atoms in total. The SMILES string of the molecule is O=C(O)O.O=C([O-])CC(O)(CC(=O)[O-])C(=O)O.[Ca+2]. The van der Waals surface area contributed by atoms with Crippen LogP contribution in [0.25, 0.3) is 0 Å². The van der Waals surface area contributed by atoms with E-state index in [0.29, 0.717) is 0 Å². The van der Waals surface area contributed by atoms with Crippen molar-refractivity contribution in [1.82, 2.24) is 0 Å². The number of hydrogen-bond donors (Lipinski definition) is 4. The van der Waals surface area contributed by atoms with Crippen LogP contribution in [0, 0.1) is 0 Å². The Balaban J connectivity index is -0.000000392. The van der Waals surface area contributed by atoms with E-state index in [1.165, 1.54) is 0 Å². The Labute approximate surface area is 129 Å². The van der Waals surface area contributed by atoms with Gasteiger partial charge >= 0.3 is 49.9 Å². The maximum absolute atomic E-state index is 10.3. The van der Waals surface area contributed by atoms with Gasteiger partial charge in [-0.05, 0) is 0 Å². The van der Waals surface area contributed by atoms with Gasteiger partial charge in [-0.25, -0.2) is 9.59 Å². The molecule has 4 N–H and O–H groups in total. The van der Waals surface area contributed by atoms with Crippen LogP contribution >= 0.6 is 0 Å². The van der Waals surface area contributed by atoms with Crippen LogP contribution in [0.5, 0.6) is 0 Å². The molecule has 0 aromatic carbocycles. The topological polar surface area (TPSA) is 195 Å². The van der Waals surface area contributed by atoms with Crippen molar-refractivity contribution in [2.24, 2.45) is 0 Å². The van der Waals surface area contributed by atoms with Crippen molar-refractivity contribution in [3.63, 3.8) is 0 Å². The molecule has 98 valence electrons. The number of hydrogen-bond acceptors (Lipinski definition) is 7. The Hall–Kier alpha value is -1.10. The van der Waals surface area contributed by atoms with Gasteiger partial charge in [0.2, 0.25) is 0 Å². The summed E-state index contributed by atoms with van der Waals surface area (Å²) in [6.45, 7) is 0. The van der Waals surface area contributed by atoms with E-state index in [-0.39, 0.29) is 37.7 Å². The molecule has 0 fully saturated rings. The normalized spacial score (nSPS) is 9.17. The number of aliphatic carboxylic acids is 3. The summed E-state index contributed by atoms with van der Waals surface area (Å²) in [4.78, 5) is 38.7. The van der Waals surface area contributed by atoms with Gasteiger partial charge in [-0.2, -0.15) is 0 Å². The Bertz CT molecular complexity index is 304. The molecule has 0 atom stereocenters. The van der Waals surface area contributed by atoms with Crippen LogP contribution in [-0.2, 0) is 14.4 Å². The summed E-state index contributed by atoms with van der Waals surface area (Å²) in [7, 11) is 0. The number of carboxylic acid groups (broad SMARTS) is 5. The van der Waals surface area contributed by atoms with E-state index < -0.39 is 42.5 Å². The quantitative estimate of drug-likeness (QED) is 0.361. The number of aliphatic hydroxyl groups is 1. The zero-order valence-corrected chi connectivity index (χ0v) is 11.1. The third-order valence-electron chi connectivity index (χ3n) is 1.27. The minimum Gasteiger partial charge on any atom is -0.550 e. The molecule has 0 rings (SSSR count). The van der Waals surface area contributed by atoms with Gasteiger partial charge in [0.05, 0.1) is 0 Å². The molecule has 0 radical (unpaired) electrons. The molecule has 0 aliphatic rings. The first-order valence-corrected chi connectivity index (χ1v) is 3.78. The van der Waals surface area contributed by atoms with Crippen LogP contribution in [0.1, 0.15) is 12.8 Å². The van der Waals surface area contributed by atoms with Gasteiger partial charge in [0.1, 0.15) is 0 Å². The molecule has 0 aromatic heterocycles. The van der Waals surface area contributed by atoms with Crippen molar-refractivity contribution in [2.45, 2.75) is 18.4 Å². The van der Waals surface area contributed by atoms with Gasteiger partial charge in [-0.1, -0.05) is 0 Å². The zero-order valence-electron chi connectivity index (χ0n) is 8.86. The minimum atomic E-state index is -2.86. The third kappa shape index (κ3) is 13.0. The summed E-state index contributed by atoms with van der Waals surface area (Å²) in [6, 6.07) is 0. The third-order valence-corrected chi connectivity index (χ3v) is 1.27. The van der Waals surface area contributed by atoms with Gasteiger partial charge in [0.25, 0.3) is 0 Å². The second-order valence-corrected chi connectivity index (χ2v) is 2.72. The first-order chi connectivity index (χ1) is 7.51. The largest absolute Gasteiger partial charge is 2.00 e. The van der Waals surface area contributed by atoms with Crippen molar-refractivity contribution < 1.29 is 49.8 Å². The maximum Gasteiger partial charge on any atom is 2.00 e. The van der Waals surface area contributed by atoms with E-state index in [1.807, 2.05) is 0 Å². The predicted molar refractivity (Wildman–Crippen MR) is 48.2 cm³/mol. The molecule has 0 heterocycles. The second-order valence-electron chi connectivity index (χ2n) is 2.72. The molecule has 0 bridgehead atoms. The first-order valence-electron chi connectivity index (χ1n) is 3.78. The van der Waals surface area contributed by atoms with Crippen molar-refractivity contribution in [3.05, 3.63) is 0 Å². The summed E-state index contributed by atoms with van der Waals surface area (Å²) in [5, 5.41) is 51.1. The summed E-state index contributed by atoms with van der Waals surface area (Å²) >= 11 is 0. The van der Waals surface area contributed by atoms with E-state index in [4.69, 9.17) is 25.2 Å². The van der Waals surface area contributed by atoms with Gasteiger partial charge in [-0.15, -0.1) is 0 Å². The molecule has 0 spiro atoms. The van der Waals surface area contributed by atoms with Crippen molar-refractivity contribution in [2.75, 3.05) is 0 Å². The zero-order chi connectivity index (χ0) is 14.2. The standard InChI is InChI=1S/C6H8O7.CH2O3.Ca/c7-3(8)1-6(13,5(11)12)2-4(9)10;2-1(3)4;/h13H,1-2H2,(H,7,8)(H,9,10)(H,11,12);(H2,2,3,4);/q;;+2/p-2. The fourth-order valence-electron chi connectivity index (χ4n) is 0.691. The minimum absolute atomic E-state index is 0. The average molecular weight is 292 g/mol. The second kappa shape index (κ2) is 9.88. The molecule has 0 amide bonds. The summed E-state index contributed by atoms with van der Waals surface area (Å²) in [6.07, 6.45) is -4.42. The summed E-state index contributed by atoms with van der Waals surface area (Å²) < 4.78 is 0. The fraction of sp³-hybridized carbons (Fsp3) is 0.429. The molecule has 11 heteroatoms. The maximum atomic E-state index is 10.3. The molecular formula is C7H8CaO10. The Morgan fingerprint density at radius 1 is 0.889 bits per heavy atom. The summed E-state index contributed by atoms with van der Waals surface area (Å²) in [5.41, 5.74) is -2.86. The van der Waals surface area contributed by atoms with Crippen LogP contribution in [0.15, 0.2) is 0 Å². The van der Waals surface area contributed by atoms with Crippen LogP contribution in [0.4, 0.5) is 4.79 Å². The van der Waals surface area contributed by atoms with Gasteiger partial charge in [0.15, 0.2) is 5.60 Å². The van der Waals surface area contributed by atoms with E-state index in [1.54, 1.807) is 0 Å². The molecule has 0 saturated carbocycles. The molecule has 0 aliphatic carbocycles. The van der Waals surface area contributed by atoms with Crippen LogP contribution in [-0.4, -0.2) is 87.8 Å². The van der Waals surface area contributed by atoms with E-state index in [0.717, 1.165) is 0 Å². The Morgan fingerprint density at radius 2 is 1.11 bits per heavy atom. The first kappa shape index (κ1) is 22.1. The van der Waals surface area contributed by atoms with Gasteiger partial charge in [-0.3, -0.25) is 0 Å². The molecule has 0 aliphatic heterocycles. The van der Waals surface area contributed by atoms with Crippen molar-refractivity contribution in [3.8, 4) is 0 Å². The van der Waals surface area contributed by atoms with Crippen molar-refractivity contribution >= 4 is 61.8 Å². The summed E-state index contributed by atoms with van der Waals surface area (Å²) in [5.74, 6) is -5.65. The van der Waals surface area contributed by atoms with Crippen molar-refractivity contribution in [1.29, 1.82) is 0 Å². The van der Waals surface area contributed by atoms with Gasteiger partial charge < -0.3 is 40.2 Å². The molecule has 0 unspecified atom stereocenters. The van der Waals surface area contributed by atoms with Crippen LogP contribution in [0.2, 0.25) is 0 Å². The van der Waals surface area contributed by atoms with E-state index >= 15 is 0 Å². The van der Waals surface area contributed by atoms with Crippen LogP contribution < -0.4 is 10.2 Å². The Morgan fingerprint density at radius 3 is 1.22 bits per heavy atom. The Kier molecular flexibility index (Phi) is 12.1. The number of rotatable bonds is 5. The number of carbonyl (C=O) groups is 4. The number of carboxylic acids is 3. The van der Waals surface area contributed by atoms with E-state index in [2.05, 4.69) is 0 Å². The molecular weight excluding hydrogens is 284 g/mol. The predicted octanol–water partition coefficient (Wildman–Crippen LogP) is -4.08. The van der Waals surface area contributed by atoms with E-state index in [9.17, 15) is 24.6 Å². The fourth-order valence-corrected chi connectivity index (χ4v) is 0.691. The smallest absolute Gasteiger partial charge is 0.550 e. The molecule has 18 heavy (non-hydrogen) atoms. The molecule has 0 aromatic rings. The monoisotopic (exact) mass is 292 g/mol. The van der Waals surface area contributed by atoms with Crippen LogP contribution in [0.3, 0.4) is 0 Å².